The molecule has 0 aliphatic carbocycles. The van der Waals surface area contributed by atoms with Crippen molar-refractivity contribution >= 4 is 5.84 Å². The van der Waals surface area contributed by atoms with E-state index in [1.165, 1.54) is 11.1 Å². The lowest BCUT2D eigenvalue weighted by Gasteiger charge is -2.18. The van der Waals surface area contributed by atoms with Gasteiger partial charge in [-0.05, 0) is 29.7 Å². The third-order valence-corrected chi connectivity index (χ3v) is 3.32. The fraction of sp³-hybridized carbons (Fsp3) is 0.188. The van der Waals surface area contributed by atoms with E-state index in [0.717, 1.165) is 24.4 Å². The van der Waals surface area contributed by atoms with Crippen molar-refractivity contribution in [2.75, 3.05) is 6.54 Å². The monoisotopic (exact) mass is 252 g/mol. The van der Waals surface area contributed by atoms with Crippen LogP contribution in [-0.2, 0) is 13.0 Å². The van der Waals surface area contributed by atoms with Gasteiger partial charge in [0, 0.05) is 18.7 Å². The Morgan fingerprint density at radius 2 is 1.84 bits per heavy atom. The number of hydrogen-bond acceptors (Lipinski definition) is 3. The van der Waals surface area contributed by atoms with Crippen LogP contribution in [0.4, 0.5) is 0 Å². The van der Waals surface area contributed by atoms with Gasteiger partial charge in [-0.1, -0.05) is 36.4 Å². The smallest absolute Gasteiger partial charge is 0.128 e. The minimum Gasteiger partial charge on any atom is -0.508 e. The summed E-state index contributed by atoms with van der Waals surface area (Å²) in [6, 6.07) is 15.6. The zero-order valence-electron chi connectivity index (χ0n) is 10.6. The van der Waals surface area contributed by atoms with E-state index in [0.29, 0.717) is 12.3 Å². The highest BCUT2D eigenvalue weighted by Gasteiger charge is 2.12. The van der Waals surface area contributed by atoms with E-state index in [2.05, 4.69) is 28.5 Å². The fourth-order valence-corrected chi connectivity index (χ4v) is 2.29. The summed E-state index contributed by atoms with van der Waals surface area (Å²) < 4.78 is 0. The van der Waals surface area contributed by atoms with Gasteiger partial charge in [0.05, 0.1) is 0 Å². The number of phenols is 1. The van der Waals surface area contributed by atoms with Gasteiger partial charge in [0.1, 0.15) is 11.6 Å². The molecule has 19 heavy (non-hydrogen) atoms. The van der Waals surface area contributed by atoms with Crippen molar-refractivity contribution in [3.8, 4) is 5.75 Å². The summed E-state index contributed by atoms with van der Waals surface area (Å²) in [5.41, 5.74) is 3.68. The number of nitrogens with one attached hydrogen (secondary N) is 1. The SMILES string of the molecule is Oc1ccc(CNC2=NCCc3ccccc32)cc1. The summed E-state index contributed by atoms with van der Waals surface area (Å²) in [6.45, 7) is 1.56. The average Bonchev–Trinajstić information content (AvgIpc) is 2.47. The van der Waals surface area contributed by atoms with Crippen molar-refractivity contribution in [3.05, 3.63) is 65.2 Å². The molecule has 0 saturated carbocycles. The maximum Gasteiger partial charge on any atom is 0.128 e. The van der Waals surface area contributed by atoms with E-state index >= 15 is 0 Å². The number of benzene rings is 2. The maximum atomic E-state index is 9.26. The molecule has 0 amide bonds. The molecule has 0 unspecified atom stereocenters. The number of amidine groups is 1. The van der Waals surface area contributed by atoms with Crippen LogP contribution in [-0.4, -0.2) is 17.5 Å². The Morgan fingerprint density at radius 1 is 1.05 bits per heavy atom. The lowest BCUT2D eigenvalue weighted by Crippen LogP contribution is -2.28. The minimum atomic E-state index is 0.295. The lowest BCUT2D eigenvalue weighted by atomic mass is 10.0. The van der Waals surface area contributed by atoms with Crippen molar-refractivity contribution in [3.63, 3.8) is 0 Å². The molecule has 1 aliphatic heterocycles. The third-order valence-electron chi connectivity index (χ3n) is 3.32. The topological polar surface area (TPSA) is 44.6 Å². The summed E-state index contributed by atoms with van der Waals surface area (Å²) in [6.07, 6.45) is 1.01. The van der Waals surface area contributed by atoms with Crippen LogP contribution in [0, 0.1) is 0 Å². The molecule has 2 N–H and O–H groups in total. The Morgan fingerprint density at radius 3 is 2.68 bits per heavy atom. The second-order valence-electron chi connectivity index (χ2n) is 4.66. The van der Waals surface area contributed by atoms with Gasteiger partial charge in [0.2, 0.25) is 0 Å². The number of phenolic OH excluding ortho intramolecular Hbond substituents is 1. The van der Waals surface area contributed by atoms with E-state index in [4.69, 9.17) is 0 Å². The molecule has 3 nitrogen and oxygen atoms in total. The van der Waals surface area contributed by atoms with Crippen LogP contribution < -0.4 is 5.32 Å². The van der Waals surface area contributed by atoms with Crippen LogP contribution in [0.5, 0.6) is 5.75 Å². The molecule has 1 heterocycles. The molecule has 1 aliphatic rings. The maximum absolute atomic E-state index is 9.26. The van der Waals surface area contributed by atoms with Crippen molar-refractivity contribution in [1.82, 2.24) is 5.32 Å². The molecular weight excluding hydrogens is 236 g/mol. The Kier molecular flexibility index (Phi) is 3.19. The van der Waals surface area contributed by atoms with E-state index in [9.17, 15) is 5.11 Å². The molecule has 0 atom stereocenters. The second kappa shape index (κ2) is 5.14. The molecule has 0 radical (unpaired) electrons. The fourth-order valence-electron chi connectivity index (χ4n) is 2.29. The minimum absolute atomic E-state index is 0.295. The van der Waals surface area contributed by atoms with Gasteiger partial charge >= 0.3 is 0 Å². The molecule has 2 aromatic carbocycles. The van der Waals surface area contributed by atoms with Crippen LogP contribution in [0.3, 0.4) is 0 Å². The lowest BCUT2D eigenvalue weighted by molar-refractivity contribution is 0.475. The molecular formula is C16H16N2O. The number of fused-ring (bicyclic) bond motifs is 1. The zero-order chi connectivity index (χ0) is 13.1. The summed E-state index contributed by atoms with van der Waals surface area (Å²) >= 11 is 0. The normalized spacial score (nSPS) is 13.6. The first-order valence-corrected chi connectivity index (χ1v) is 6.47. The Bertz CT molecular complexity index is 602. The molecule has 3 heteroatoms. The van der Waals surface area contributed by atoms with Gasteiger partial charge in [-0.3, -0.25) is 4.99 Å². The molecule has 0 spiro atoms. The van der Waals surface area contributed by atoms with Crippen LogP contribution in [0.15, 0.2) is 53.5 Å². The average molecular weight is 252 g/mol. The van der Waals surface area contributed by atoms with E-state index in [1.54, 1.807) is 12.1 Å². The zero-order valence-corrected chi connectivity index (χ0v) is 10.6. The van der Waals surface area contributed by atoms with E-state index in [1.807, 2.05) is 18.2 Å². The van der Waals surface area contributed by atoms with E-state index < -0.39 is 0 Å². The number of nitrogens with zero attached hydrogens (tertiary/aromatic N) is 1. The molecule has 2 aromatic rings. The quantitative estimate of drug-likeness (QED) is 0.862. The molecule has 3 rings (SSSR count). The summed E-state index contributed by atoms with van der Waals surface area (Å²) in [4.78, 5) is 4.56. The van der Waals surface area contributed by atoms with Crippen LogP contribution in [0.1, 0.15) is 16.7 Å². The number of aliphatic imine (C=N–C) groups is 1. The van der Waals surface area contributed by atoms with E-state index in [-0.39, 0.29) is 0 Å². The molecule has 0 saturated heterocycles. The van der Waals surface area contributed by atoms with Crippen molar-refractivity contribution < 1.29 is 5.11 Å². The Labute approximate surface area is 112 Å². The Hall–Kier alpha value is -2.29. The molecule has 96 valence electrons. The first kappa shape index (κ1) is 11.8. The Balaban J connectivity index is 1.74. The highest BCUT2D eigenvalue weighted by molar-refractivity contribution is 6.00. The molecule has 0 aromatic heterocycles. The first-order chi connectivity index (χ1) is 9.33. The van der Waals surface area contributed by atoms with Gasteiger partial charge in [0.15, 0.2) is 0 Å². The highest BCUT2D eigenvalue weighted by atomic mass is 16.3. The summed E-state index contributed by atoms with van der Waals surface area (Å²) in [5, 5.41) is 12.6. The van der Waals surface area contributed by atoms with Crippen LogP contribution >= 0.6 is 0 Å². The van der Waals surface area contributed by atoms with Gasteiger partial charge in [-0.2, -0.15) is 0 Å². The van der Waals surface area contributed by atoms with Crippen molar-refractivity contribution in [2.24, 2.45) is 4.99 Å². The second-order valence-corrected chi connectivity index (χ2v) is 4.66. The van der Waals surface area contributed by atoms with Gasteiger partial charge < -0.3 is 10.4 Å². The summed E-state index contributed by atoms with van der Waals surface area (Å²) in [5.74, 6) is 1.26. The third kappa shape index (κ3) is 2.60. The molecule has 0 bridgehead atoms. The van der Waals surface area contributed by atoms with Gasteiger partial charge in [-0.25, -0.2) is 0 Å². The number of hydrogen-bond donors (Lipinski definition) is 2. The van der Waals surface area contributed by atoms with Crippen molar-refractivity contribution in [2.45, 2.75) is 13.0 Å². The standard InChI is InChI=1S/C16H16N2O/c19-14-7-5-12(6-8-14)11-18-16-15-4-2-1-3-13(15)9-10-17-16/h1-8,19H,9-11H2,(H,17,18). The first-order valence-electron chi connectivity index (χ1n) is 6.47. The van der Waals surface area contributed by atoms with Crippen LogP contribution in [0.25, 0.3) is 0 Å². The predicted molar refractivity (Wildman–Crippen MR) is 76.5 cm³/mol. The predicted octanol–water partition coefficient (Wildman–Crippen LogP) is 2.48. The van der Waals surface area contributed by atoms with Crippen LogP contribution in [0.2, 0.25) is 0 Å². The summed E-state index contributed by atoms with van der Waals surface area (Å²) in [7, 11) is 0. The van der Waals surface area contributed by atoms with Crippen molar-refractivity contribution in [1.29, 1.82) is 0 Å². The highest BCUT2D eigenvalue weighted by Crippen LogP contribution is 2.15. The number of aromatic hydroxyl groups is 1. The molecule has 0 fully saturated rings. The van der Waals surface area contributed by atoms with Gasteiger partial charge in [0.25, 0.3) is 0 Å². The number of rotatable bonds is 2. The van der Waals surface area contributed by atoms with Gasteiger partial charge in [-0.15, -0.1) is 0 Å². The largest absolute Gasteiger partial charge is 0.508 e.